The Morgan fingerprint density at radius 3 is 1.44 bits per heavy atom. The Bertz CT molecular complexity index is 1970. The first-order valence-corrected chi connectivity index (χ1v) is 26.5. The number of allylic oxidation sites excluding steroid dienone is 8. The average molecular weight is 745 g/mol. The molecule has 0 aromatic heterocycles. The topological polar surface area (TPSA) is 0 Å². The summed E-state index contributed by atoms with van der Waals surface area (Å²) >= 11 is 0. The fourth-order valence-electron chi connectivity index (χ4n) is 15.2. The van der Waals surface area contributed by atoms with Crippen LogP contribution in [0.4, 0.5) is 0 Å². The third-order valence-corrected chi connectivity index (χ3v) is 22.3. The molecular weight excluding hydrogens is 677 g/mol. The van der Waals surface area contributed by atoms with Crippen molar-refractivity contribution >= 4 is 31.4 Å². The molecule has 0 N–H and O–H groups in total. The van der Waals surface area contributed by atoms with E-state index >= 15 is 0 Å². The number of hydrogen-bond acceptors (Lipinski definition) is 0. The van der Waals surface area contributed by atoms with E-state index in [1.165, 1.54) is 136 Å². The smallest absolute Gasteiger partial charge is 0.0553 e. The predicted octanol–water partition coefficient (Wildman–Crippen LogP) is 11.7. The van der Waals surface area contributed by atoms with Gasteiger partial charge in [0.2, 0.25) is 0 Å². The molecule has 1 heteroatoms. The van der Waals surface area contributed by atoms with Gasteiger partial charge < -0.3 is 0 Å². The van der Waals surface area contributed by atoms with E-state index in [-0.39, 0.29) is 0 Å². The van der Waals surface area contributed by atoms with Crippen LogP contribution < -0.4 is 20.9 Å². The molecule has 0 saturated heterocycles. The standard InChI is InChI=1S/C54H68Si/c1-55(2,53-41(33-37-17-5-3-6-18-37)35-51-47(29-15-31-49(51)53)45-27-13-23-39-21-9-11-25-43(39)45)54-42(34-38-19-7-4-8-20-38)36-52-48(30-16-32-50(52)54)46-28-14-24-40-22-10-12-26-44(40)46/h9-12,15-16,21-26,29-32,37-38,41-42,49-54H,3-8,13-14,17-20,27-28,33-36H2,1-2H3/t41?,42?,49?,50?,51-,52-,53?,54?/m1/s1. The van der Waals surface area contributed by atoms with E-state index in [1.807, 2.05) is 0 Å². The predicted molar refractivity (Wildman–Crippen MR) is 238 cm³/mol. The Labute approximate surface area is 334 Å². The SMILES string of the molecule is C[Si](C)(C1C(CC2CCCCC2)C[C@@H]2C(C3=c4ccccc4=CCC3)=CC=CC12)C1C(CC2CCCCC2)C[C@@H]2C(C3=c4ccccc4=CCC3)=CC=CC12. The highest BCUT2D eigenvalue weighted by molar-refractivity contribution is 6.80. The third-order valence-electron chi connectivity index (χ3n) is 17.1. The second-order valence-corrected chi connectivity index (χ2v) is 25.3. The van der Waals surface area contributed by atoms with Gasteiger partial charge in [-0.25, -0.2) is 0 Å². The molecule has 0 bridgehead atoms. The highest BCUT2D eigenvalue weighted by Gasteiger charge is 2.59. The highest BCUT2D eigenvalue weighted by atomic mass is 28.3. The lowest BCUT2D eigenvalue weighted by Crippen LogP contribution is -2.47. The lowest BCUT2D eigenvalue weighted by molar-refractivity contribution is 0.275. The molecule has 0 nitrogen and oxygen atoms in total. The van der Waals surface area contributed by atoms with Gasteiger partial charge in [-0.2, -0.15) is 0 Å². The largest absolute Gasteiger partial charge is 0.0808 e. The van der Waals surface area contributed by atoms with E-state index in [0.29, 0.717) is 23.7 Å². The van der Waals surface area contributed by atoms with E-state index < -0.39 is 8.07 Å². The molecule has 8 aliphatic rings. The minimum absolute atomic E-state index is 0.702. The van der Waals surface area contributed by atoms with Gasteiger partial charge in [-0.3, -0.25) is 0 Å². The molecule has 0 aliphatic heterocycles. The molecule has 8 atom stereocenters. The minimum atomic E-state index is -1.84. The molecule has 10 rings (SSSR count). The van der Waals surface area contributed by atoms with Crippen molar-refractivity contribution < 1.29 is 0 Å². The maximum absolute atomic E-state index is 2.97. The fraction of sp³-hybridized carbons (Fsp3) is 0.556. The summed E-state index contributed by atoms with van der Waals surface area (Å²) in [5.74, 6) is 6.51. The number of benzene rings is 2. The van der Waals surface area contributed by atoms with Gasteiger partial charge in [0.15, 0.2) is 0 Å². The Morgan fingerprint density at radius 2 is 0.982 bits per heavy atom. The van der Waals surface area contributed by atoms with Gasteiger partial charge in [0.05, 0.1) is 8.07 Å². The van der Waals surface area contributed by atoms with Crippen molar-refractivity contribution in [2.75, 3.05) is 0 Å². The van der Waals surface area contributed by atoms with Gasteiger partial charge >= 0.3 is 0 Å². The molecule has 0 amide bonds. The first kappa shape index (κ1) is 36.4. The van der Waals surface area contributed by atoms with Gasteiger partial charge in [-0.1, -0.05) is 174 Å². The van der Waals surface area contributed by atoms with Crippen LogP contribution in [0, 0.1) is 47.3 Å². The molecule has 2 aromatic rings. The van der Waals surface area contributed by atoms with E-state index in [0.717, 1.165) is 34.8 Å². The Morgan fingerprint density at radius 1 is 0.545 bits per heavy atom. The van der Waals surface area contributed by atoms with E-state index in [2.05, 4.69) is 110 Å². The van der Waals surface area contributed by atoms with E-state index in [4.69, 9.17) is 0 Å². The molecule has 55 heavy (non-hydrogen) atoms. The molecule has 8 aliphatic carbocycles. The van der Waals surface area contributed by atoms with E-state index in [9.17, 15) is 0 Å². The van der Waals surface area contributed by atoms with Gasteiger partial charge in [0.25, 0.3) is 0 Å². The van der Waals surface area contributed by atoms with Crippen LogP contribution in [0.5, 0.6) is 0 Å². The number of fused-ring (bicyclic) bond motifs is 4. The van der Waals surface area contributed by atoms with Crippen molar-refractivity contribution in [1.29, 1.82) is 0 Å². The van der Waals surface area contributed by atoms with Crippen molar-refractivity contribution in [3.05, 3.63) is 117 Å². The molecule has 288 valence electrons. The van der Waals surface area contributed by atoms with Crippen molar-refractivity contribution in [3.63, 3.8) is 0 Å². The summed E-state index contributed by atoms with van der Waals surface area (Å²) in [5, 5.41) is 6.03. The van der Waals surface area contributed by atoms with Crippen LogP contribution in [0.1, 0.15) is 116 Å². The van der Waals surface area contributed by atoms with Crippen molar-refractivity contribution in [3.8, 4) is 0 Å². The summed E-state index contributed by atoms with van der Waals surface area (Å²) in [4.78, 5) is 0. The number of hydrogen-bond donors (Lipinski definition) is 0. The van der Waals surface area contributed by atoms with Crippen LogP contribution >= 0.6 is 0 Å². The average Bonchev–Trinajstić information content (AvgIpc) is 3.80. The lowest BCUT2D eigenvalue weighted by Gasteiger charge is -2.48. The van der Waals surface area contributed by atoms with Crippen molar-refractivity contribution in [2.45, 2.75) is 140 Å². The lowest BCUT2D eigenvalue weighted by atomic mass is 9.78. The molecule has 0 spiro atoms. The van der Waals surface area contributed by atoms with Crippen LogP contribution in [0.25, 0.3) is 23.3 Å². The first-order chi connectivity index (χ1) is 27.0. The Balaban J connectivity index is 1.05. The summed E-state index contributed by atoms with van der Waals surface area (Å²) in [6.07, 6.45) is 46.4. The zero-order chi connectivity index (χ0) is 36.9. The van der Waals surface area contributed by atoms with Crippen molar-refractivity contribution in [1.82, 2.24) is 0 Å². The summed E-state index contributed by atoms with van der Waals surface area (Å²) < 4.78 is 0. The fourth-order valence-corrected chi connectivity index (χ4v) is 21.3. The highest BCUT2D eigenvalue weighted by Crippen LogP contribution is 2.66. The zero-order valence-corrected chi connectivity index (χ0v) is 35.2. The second kappa shape index (κ2) is 15.5. The maximum Gasteiger partial charge on any atom is 0.0553 e. The zero-order valence-electron chi connectivity index (χ0n) is 34.2. The molecule has 2 aromatic carbocycles. The van der Waals surface area contributed by atoms with Crippen LogP contribution in [0.2, 0.25) is 24.2 Å². The van der Waals surface area contributed by atoms with Gasteiger partial charge in [0.1, 0.15) is 0 Å². The monoisotopic (exact) mass is 745 g/mol. The summed E-state index contributed by atoms with van der Waals surface area (Å²) in [5.41, 5.74) is 8.62. The van der Waals surface area contributed by atoms with Crippen molar-refractivity contribution in [2.24, 2.45) is 47.3 Å². The Kier molecular flexibility index (Phi) is 10.2. The Hall–Kier alpha value is -2.90. The van der Waals surface area contributed by atoms with E-state index in [1.54, 1.807) is 22.3 Å². The minimum Gasteiger partial charge on any atom is -0.0808 e. The maximum atomic E-state index is 2.97. The number of rotatable bonds is 8. The molecule has 4 fully saturated rings. The molecule has 0 heterocycles. The molecule has 4 saturated carbocycles. The molecule has 0 radical (unpaired) electrons. The summed E-state index contributed by atoms with van der Waals surface area (Å²) in [6.45, 7) is 5.95. The van der Waals surface area contributed by atoms with Gasteiger partial charge in [-0.05, 0) is 153 Å². The quantitative estimate of drug-likeness (QED) is 0.236. The van der Waals surface area contributed by atoms with Crippen LogP contribution in [0.15, 0.2) is 96.1 Å². The third kappa shape index (κ3) is 6.75. The second-order valence-electron chi connectivity index (χ2n) is 20.3. The summed E-state index contributed by atoms with van der Waals surface area (Å²) in [7, 11) is -1.84. The normalized spacial score (nSPS) is 33.5. The van der Waals surface area contributed by atoms with Crippen LogP contribution in [-0.4, -0.2) is 8.07 Å². The molecular formula is C54H68Si. The molecule has 6 unspecified atom stereocenters. The van der Waals surface area contributed by atoms with Gasteiger partial charge in [0, 0.05) is 0 Å². The summed E-state index contributed by atoms with van der Waals surface area (Å²) in [6, 6.07) is 18.7. The van der Waals surface area contributed by atoms with Gasteiger partial charge in [-0.15, -0.1) is 0 Å². The van der Waals surface area contributed by atoms with Crippen LogP contribution in [-0.2, 0) is 0 Å². The van der Waals surface area contributed by atoms with Crippen LogP contribution in [0.3, 0.4) is 0 Å². The first-order valence-electron chi connectivity index (χ1n) is 23.4.